The zero-order chi connectivity index (χ0) is 22.2. The number of benzene rings is 1. The Bertz CT molecular complexity index is 1320. The van der Waals surface area contributed by atoms with Crippen LogP contribution in [0, 0.1) is 23.2 Å². The van der Waals surface area contributed by atoms with Gasteiger partial charge in [-0.15, -0.1) is 5.10 Å². The second-order valence-corrected chi connectivity index (χ2v) is 9.95. The van der Waals surface area contributed by atoms with E-state index < -0.39 is 10.8 Å². The number of amides is 1. The van der Waals surface area contributed by atoms with Gasteiger partial charge in [-0.1, -0.05) is 39.0 Å². The van der Waals surface area contributed by atoms with Crippen LogP contribution in [0.3, 0.4) is 0 Å². The second kappa shape index (κ2) is 6.28. The monoisotopic (exact) mass is 420 g/mol. The van der Waals surface area contributed by atoms with Crippen molar-refractivity contribution >= 4 is 28.2 Å². The summed E-state index contributed by atoms with van der Waals surface area (Å²) in [7, 11) is 0. The van der Waals surface area contributed by atoms with E-state index in [4.69, 9.17) is 0 Å². The van der Waals surface area contributed by atoms with Gasteiger partial charge in [-0.3, -0.25) is 9.59 Å². The van der Waals surface area contributed by atoms with E-state index in [1.807, 2.05) is 58.0 Å². The Labute approximate surface area is 180 Å². The normalized spacial score (nSPS) is 26.8. The quantitative estimate of drug-likeness (QED) is 0.703. The lowest BCUT2D eigenvalue weighted by Gasteiger charge is -2.38. The molecule has 1 N–H and O–H groups in total. The number of Topliss-reactive ketones (excluding diaryl/α,β-unsaturated/α-hetero) is 1. The predicted octanol–water partition coefficient (Wildman–Crippen LogP) is 2.86. The number of nitrogens with one attached hydrogen (secondary N) is 1. The maximum Gasteiger partial charge on any atom is 0.350 e. The Hall–Kier alpha value is -2.96. The van der Waals surface area contributed by atoms with Crippen LogP contribution in [0.15, 0.2) is 35.1 Å². The number of hydrogen-bond donors (Lipinski definition) is 1. The average Bonchev–Trinajstić information content (AvgIpc) is 3.22. The maximum absolute atomic E-state index is 13.2. The minimum absolute atomic E-state index is 0.0782. The molecule has 7 heteroatoms. The summed E-state index contributed by atoms with van der Waals surface area (Å²) in [5.74, 6) is 0.114. The summed E-state index contributed by atoms with van der Waals surface area (Å²) in [5, 5.41) is 8.51. The van der Waals surface area contributed by atoms with Crippen molar-refractivity contribution in [1.29, 1.82) is 0 Å². The van der Waals surface area contributed by atoms with Crippen molar-refractivity contribution in [3.05, 3.63) is 46.4 Å². The third-order valence-electron chi connectivity index (χ3n) is 8.49. The van der Waals surface area contributed by atoms with Crippen LogP contribution in [0.1, 0.15) is 45.6 Å². The first-order valence-corrected chi connectivity index (χ1v) is 10.9. The van der Waals surface area contributed by atoms with Crippen LogP contribution >= 0.6 is 0 Å². The van der Waals surface area contributed by atoms with Crippen LogP contribution in [0.25, 0.3) is 16.6 Å². The van der Waals surface area contributed by atoms with Crippen molar-refractivity contribution in [1.82, 2.24) is 19.5 Å². The lowest BCUT2D eigenvalue weighted by Crippen LogP contribution is -2.47. The van der Waals surface area contributed by atoms with Gasteiger partial charge >= 0.3 is 5.69 Å². The molecule has 0 unspecified atom stereocenters. The van der Waals surface area contributed by atoms with Gasteiger partial charge in [0.15, 0.2) is 5.65 Å². The smallest absolute Gasteiger partial charge is 0.350 e. The molecule has 3 aromatic rings. The van der Waals surface area contributed by atoms with Crippen LogP contribution in [0.5, 0.6) is 0 Å². The van der Waals surface area contributed by atoms with Gasteiger partial charge in [0.1, 0.15) is 5.78 Å². The minimum atomic E-state index is -0.657. The van der Waals surface area contributed by atoms with Gasteiger partial charge in [-0.2, -0.15) is 0 Å². The molecule has 2 aromatic heterocycles. The Morgan fingerprint density at radius 2 is 1.90 bits per heavy atom. The minimum Gasteiger partial charge on any atom is -0.354 e. The summed E-state index contributed by atoms with van der Waals surface area (Å²) < 4.78 is 3.04. The summed E-state index contributed by atoms with van der Waals surface area (Å²) >= 11 is 0. The number of para-hydroxylation sites is 1. The number of pyridine rings is 1. The Morgan fingerprint density at radius 3 is 2.58 bits per heavy atom. The van der Waals surface area contributed by atoms with Crippen LogP contribution in [0.2, 0.25) is 0 Å². The predicted molar refractivity (Wildman–Crippen MR) is 118 cm³/mol. The molecule has 7 nitrogen and oxygen atoms in total. The Balaban J connectivity index is 1.39. The molecular formula is C24H28N4O3. The molecule has 2 atom stereocenters. The third kappa shape index (κ3) is 2.40. The lowest BCUT2D eigenvalue weighted by molar-refractivity contribution is -0.136. The molecule has 2 saturated carbocycles. The first-order valence-electron chi connectivity index (χ1n) is 10.9. The van der Waals surface area contributed by atoms with E-state index in [1.54, 1.807) is 4.40 Å². The molecule has 31 heavy (non-hydrogen) atoms. The fraction of sp³-hybridized carbons (Fsp3) is 0.500. The van der Waals surface area contributed by atoms with Crippen LogP contribution in [-0.4, -0.2) is 32.4 Å². The molecule has 0 saturated heterocycles. The molecule has 5 rings (SSSR count). The van der Waals surface area contributed by atoms with Crippen molar-refractivity contribution in [3.8, 4) is 0 Å². The molecule has 2 fully saturated rings. The highest BCUT2D eigenvalue weighted by Gasteiger charge is 2.72. The molecular weight excluding hydrogens is 392 g/mol. The molecule has 0 aliphatic heterocycles. The van der Waals surface area contributed by atoms with Crippen molar-refractivity contribution in [2.24, 2.45) is 16.2 Å². The molecule has 162 valence electrons. The third-order valence-corrected chi connectivity index (χ3v) is 8.49. The van der Waals surface area contributed by atoms with Crippen molar-refractivity contribution in [3.63, 3.8) is 0 Å². The zero-order valence-electron chi connectivity index (χ0n) is 18.5. The van der Waals surface area contributed by atoms with E-state index in [0.717, 1.165) is 29.3 Å². The largest absolute Gasteiger partial charge is 0.354 e. The molecule has 2 aliphatic carbocycles. The summed E-state index contributed by atoms with van der Waals surface area (Å²) in [6, 6.07) is 9.76. The summed E-state index contributed by atoms with van der Waals surface area (Å²) in [6.07, 6.45) is 1.79. The number of fused-ring (bicyclic) bond motifs is 5. The topological polar surface area (TPSA) is 85.5 Å². The Morgan fingerprint density at radius 1 is 1.16 bits per heavy atom. The Kier molecular flexibility index (Phi) is 4.04. The van der Waals surface area contributed by atoms with Gasteiger partial charge in [-0.25, -0.2) is 13.9 Å². The van der Waals surface area contributed by atoms with Gasteiger partial charge in [0.25, 0.3) is 0 Å². The van der Waals surface area contributed by atoms with Gasteiger partial charge in [0.2, 0.25) is 5.91 Å². The van der Waals surface area contributed by atoms with E-state index in [9.17, 15) is 14.4 Å². The SMILES string of the molecule is Cc1cc2ccccc2n2c(=O)n(CCNC(=O)[C@@]34CC[C@@](C)(C(=O)C3)C4(C)C)nc12. The number of nitrogens with zero attached hydrogens (tertiary/aromatic N) is 3. The van der Waals surface area contributed by atoms with Crippen molar-refractivity contribution < 1.29 is 9.59 Å². The number of carbonyl (C=O) groups is 2. The average molecular weight is 421 g/mol. The maximum atomic E-state index is 13.2. The molecule has 1 amide bonds. The van der Waals surface area contributed by atoms with E-state index in [2.05, 4.69) is 10.4 Å². The molecule has 0 spiro atoms. The summed E-state index contributed by atoms with van der Waals surface area (Å²) in [6.45, 7) is 8.61. The van der Waals surface area contributed by atoms with Crippen LogP contribution < -0.4 is 11.0 Å². The van der Waals surface area contributed by atoms with Gasteiger partial charge in [0.05, 0.1) is 17.5 Å². The number of aryl methyl sites for hydroxylation is 1. The number of carbonyl (C=O) groups excluding carboxylic acids is 2. The van der Waals surface area contributed by atoms with E-state index in [-0.39, 0.29) is 29.3 Å². The number of ketones is 1. The molecule has 2 bridgehead atoms. The van der Waals surface area contributed by atoms with Crippen LogP contribution in [-0.2, 0) is 16.1 Å². The summed E-state index contributed by atoms with van der Waals surface area (Å²) in [5.41, 5.74) is 0.691. The fourth-order valence-electron chi connectivity index (χ4n) is 5.94. The fourth-order valence-corrected chi connectivity index (χ4v) is 5.94. The lowest BCUT2D eigenvalue weighted by atomic mass is 9.64. The second-order valence-electron chi connectivity index (χ2n) is 9.95. The van der Waals surface area contributed by atoms with E-state index in [1.165, 1.54) is 4.68 Å². The number of rotatable bonds is 4. The van der Waals surface area contributed by atoms with Crippen molar-refractivity contribution in [2.45, 2.75) is 53.5 Å². The number of hydrogen-bond acceptors (Lipinski definition) is 4. The summed E-state index contributed by atoms with van der Waals surface area (Å²) in [4.78, 5) is 38.9. The molecule has 2 aliphatic rings. The highest BCUT2D eigenvalue weighted by molar-refractivity contribution is 5.99. The van der Waals surface area contributed by atoms with E-state index in [0.29, 0.717) is 18.6 Å². The first kappa shape index (κ1) is 20.0. The first-order chi connectivity index (χ1) is 14.6. The van der Waals surface area contributed by atoms with Gasteiger partial charge in [0, 0.05) is 18.4 Å². The molecule has 1 aromatic carbocycles. The van der Waals surface area contributed by atoms with Crippen molar-refractivity contribution in [2.75, 3.05) is 6.54 Å². The number of aromatic nitrogens is 3. The molecule has 2 heterocycles. The van der Waals surface area contributed by atoms with E-state index >= 15 is 0 Å². The standard InChI is InChI=1S/C24H28N4O3/c1-15-13-16-7-5-6-8-17(16)28-19(15)26-27(21(28)31)12-11-25-20(30)24-10-9-23(4,18(29)14-24)22(24,2)3/h5-8,13H,9-12,14H2,1-4H3,(H,25,30)/t23-,24+/m0/s1. The highest BCUT2D eigenvalue weighted by Crippen LogP contribution is 2.70. The van der Waals surface area contributed by atoms with Crippen LogP contribution in [0.4, 0.5) is 0 Å². The van der Waals surface area contributed by atoms with Gasteiger partial charge in [-0.05, 0) is 48.3 Å². The molecule has 0 radical (unpaired) electrons. The van der Waals surface area contributed by atoms with Gasteiger partial charge < -0.3 is 5.32 Å². The highest BCUT2D eigenvalue weighted by atomic mass is 16.2. The zero-order valence-corrected chi connectivity index (χ0v) is 18.5.